The highest BCUT2D eigenvalue weighted by Crippen LogP contribution is 2.10. The number of nitrogens with two attached hydrogens (primary N) is 2. The summed E-state index contributed by atoms with van der Waals surface area (Å²) in [5.41, 5.74) is 7.81. The van der Waals surface area contributed by atoms with Gasteiger partial charge in [-0.3, -0.25) is 0 Å². The molecule has 0 saturated heterocycles. The van der Waals surface area contributed by atoms with Gasteiger partial charge in [-0.25, -0.2) is 0 Å². The standard InChI is InChI=1S/C10H15N3/c1-2-5-8-6-3-4-7-9(8)10(11)13-12/h3-4,6-7H,2,5,12H2,1H3,(H2,11,13). The third kappa shape index (κ3) is 2.21. The van der Waals surface area contributed by atoms with Crippen molar-refractivity contribution in [2.45, 2.75) is 19.8 Å². The van der Waals surface area contributed by atoms with Crippen molar-refractivity contribution >= 4 is 5.84 Å². The van der Waals surface area contributed by atoms with Gasteiger partial charge in [0.2, 0.25) is 0 Å². The van der Waals surface area contributed by atoms with Crippen LogP contribution in [0.5, 0.6) is 0 Å². The van der Waals surface area contributed by atoms with Crippen molar-refractivity contribution in [2.24, 2.45) is 16.7 Å². The molecule has 0 saturated carbocycles. The van der Waals surface area contributed by atoms with Crippen LogP contribution in [-0.4, -0.2) is 5.84 Å². The topological polar surface area (TPSA) is 64.4 Å². The van der Waals surface area contributed by atoms with Gasteiger partial charge in [-0.15, -0.1) is 0 Å². The molecule has 0 bridgehead atoms. The van der Waals surface area contributed by atoms with E-state index in [4.69, 9.17) is 11.6 Å². The highest BCUT2D eigenvalue weighted by molar-refractivity contribution is 5.98. The molecule has 3 heteroatoms. The Kier molecular flexibility index (Phi) is 3.31. The van der Waals surface area contributed by atoms with Crippen molar-refractivity contribution in [1.29, 1.82) is 0 Å². The summed E-state index contributed by atoms with van der Waals surface area (Å²) in [6.45, 7) is 2.13. The van der Waals surface area contributed by atoms with Gasteiger partial charge in [-0.1, -0.05) is 37.6 Å². The van der Waals surface area contributed by atoms with Crippen molar-refractivity contribution < 1.29 is 0 Å². The fourth-order valence-corrected chi connectivity index (χ4v) is 1.33. The fourth-order valence-electron chi connectivity index (χ4n) is 1.33. The monoisotopic (exact) mass is 177 g/mol. The van der Waals surface area contributed by atoms with E-state index in [2.05, 4.69) is 18.1 Å². The maximum absolute atomic E-state index is 5.65. The van der Waals surface area contributed by atoms with Gasteiger partial charge in [0.05, 0.1) is 0 Å². The van der Waals surface area contributed by atoms with Crippen LogP contribution < -0.4 is 11.6 Å². The highest BCUT2D eigenvalue weighted by Gasteiger charge is 2.03. The van der Waals surface area contributed by atoms with Gasteiger partial charge in [0, 0.05) is 5.56 Å². The van der Waals surface area contributed by atoms with Crippen LogP contribution in [0.2, 0.25) is 0 Å². The molecular formula is C10H15N3. The molecule has 4 N–H and O–H groups in total. The predicted molar refractivity (Wildman–Crippen MR) is 55.3 cm³/mol. The molecule has 0 radical (unpaired) electrons. The van der Waals surface area contributed by atoms with Crippen molar-refractivity contribution in [2.75, 3.05) is 0 Å². The quantitative estimate of drug-likeness (QED) is 0.315. The van der Waals surface area contributed by atoms with Crippen molar-refractivity contribution in [3.8, 4) is 0 Å². The molecule has 0 spiro atoms. The van der Waals surface area contributed by atoms with E-state index in [1.165, 1.54) is 5.56 Å². The summed E-state index contributed by atoms with van der Waals surface area (Å²) in [5.74, 6) is 5.54. The lowest BCUT2D eigenvalue weighted by atomic mass is 10.0. The fraction of sp³-hybridized carbons (Fsp3) is 0.300. The molecular weight excluding hydrogens is 162 g/mol. The number of hydrogen-bond donors (Lipinski definition) is 2. The molecule has 0 amide bonds. The van der Waals surface area contributed by atoms with E-state index >= 15 is 0 Å². The Bertz CT molecular complexity index is 305. The number of aryl methyl sites for hydroxylation is 1. The van der Waals surface area contributed by atoms with Gasteiger partial charge in [-0.2, -0.15) is 5.10 Å². The highest BCUT2D eigenvalue weighted by atomic mass is 15.2. The van der Waals surface area contributed by atoms with E-state index in [9.17, 15) is 0 Å². The molecule has 13 heavy (non-hydrogen) atoms. The average Bonchev–Trinajstić information content (AvgIpc) is 2.18. The second kappa shape index (κ2) is 4.50. The molecule has 0 unspecified atom stereocenters. The van der Waals surface area contributed by atoms with Gasteiger partial charge in [0.1, 0.15) is 0 Å². The lowest BCUT2D eigenvalue weighted by Crippen LogP contribution is -2.17. The van der Waals surface area contributed by atoms with E-state index in [1.54, 1.807) is 0 Å². The predicted octanol–water partition coefficient (Wildman–Crippen LogP) is 1.22. The number of hydrogen-bond acceptors (Lipinski definition) is 2. The summed E-state index contributed by atoms with van der Waals surface area (Å²) in [6, 6.07) is 7.93. The summed E-state index contributed by atoms with van der Waals surface area (Å²) in [6.07, 6.45) is 2.10. The molecule has 0 atom stereocenters. The van der Waals surface area contributed by atoms with Crippen LogP contribution >= 0.6 is 0 Å². The molecule has 0 aliphatic carbocycles. The second-order valence-corrected chi connectivity index (χ2v) is 2.92. The normalized spacial score (nSPS) is 11.6. The maximum Gasteiger partial charge on any atom is 0.150 e. The minimum atomic E-state index is 0.407. The molecule has 1 aromatic carbocycles. The zero-order chi connectivity index (χ0) is 9.68. The average molecular weight is 177 g/mol. The largest absolute Gasteiger partial charge is 0.382 e. The van der Waals surface area contributed by atoms with E-state index < -0.39 is 0 Å². The lowest BCUT2D eigenvalue weighted by molar-refractivity contribution is 0.919. The Morgan fingerprint density at radius 1 is 1.38 bits per heavy atom. The van der Waals surface area contributed by atoms with E-state index in [1.807, 2.05) is 18.2 Å². The molecule has 0 aromatic heterocycles. The van der Waals surface area contributed by atoms with Gasteiger partial charge in [0.25, 0.3) is 0 Å². The zero-order valence-corrected chi connectivity index (χ0v) is 7.83. The number of nitrogens with zero attached hydrogens (tertiary/aromatic N) is 1. The van der Waals surface area contributed by atoms with Gasteiger partial charge in [0.15, 0.2) is 5.84 Å². The Balaban J connectivity index is 3.04. The molecule has 1 rings (SSSR count). The van der Waals surface area contributed by atoms with Crippen LogP contribution in [0, 0.1) is 0 Å². The van der Waals surface area contributed by atoms with Crippen LogP contribution in [-0.2, 0) is 6.42 Å². The zero-order valence-electron chi connectivity index (χ0n) is 7.83. The van der Waals surface area contributed by atoms with Crippen molar-refractivity contribution in [1.82, 2.24) is 0 Å². The van der Waals surface area contributed by atoms with Gasteiger partial charge < -0.3 is 11.6 Å². The molecule has 1 aromatic rings. The Morgan fingerprint density at radius 2 is 2.08 bits per heavy atom. The third-order valence-electron chi connectivity index (χ3n) is 1.95. The number of amidine groups is 1. The van der Waals surface area contributed by atoms with E-state index in [0.717, 1.165) is 18.4 Å². The maximum atomic E-state index is 5.65. The first-order chi connectivity index (χ1) is 6.29. The van der Waals surface area contributed by atoms with Gasteiger partial charge >= 0.3 is 0 Å². The molecule has 0 aliphatic heterocycles. The second-order valence-electron chi connectivity index (χ2n) is 2.92. The van der Waals surface area contributed by atoms with Crippen LogP contribution in [0.4, 0.5) is 0 Å². The van der Waals surface area contributed by atoms with Crippen LogP contribution in [0.1, 0.15) is 24.5 Å². The van der Waals surface area contributed by atoms with Crippen molar-refractivity contribution in [3.05, 3.63) is 35.4 Å². The first-order valence-corrected chi connectivity index (χ1v) is 4.41. The SMILES string of the molecule is CCCc1ccccc1C(N)=NN. The molecule has 3 nitrogen and oxygen atoms in total. The lowest BCUT2D eigenvalue weighted by Gasteiger charge is -2.06. The number of rotatable bonds is 3. The third-order valence-corrected chi connectivity index (χ3v) is 1.95. The summed E-state index contributed by atoms with van der Waals surface area (Å²) >= 11 is 0. The number of hydrazone groups is 1. The first-order valence-electron chi connectivity index (χ1n) is 4.41. The Hall–Kier alpha value is -1.51. The first kappa shape index (κ1) is 9.58. The Morgan fingerprint density at radius 3 is 2.69 bits per heavy atom. The van der Waals surface area contributed by atoms with E-state index in [-0.39, 0.29) is 0 Å². The summed E-state index contributed by atoms with van der Waals surface area (Å²) in [7, 11) is 0. The summed E-state index contributed by atoms with van der Waals surface area (Å²) < 4.78 is 0. The molecule has 70 valence electrons. The van der Waals surface area contributed by atoms with Crippen LogP contribution in [0.3, 0.4) is 0 Å². The number of benzene rings is 1. The van der Waals surface area contributed by atoms with Gasteiger partial charge in [-0.05, 0) is 12.0 Å². The summed E-state index contributed by atoms with van der Waals surface area (Å²) in [5, 5.41) is 3.50. The smallest absolute Gasteiger partial charge is 0.150 e. The minimum Gasteiger partial charge on any atom is -0.382 e. The Labute approximate surface area is 78.4 Å². The summed E-state index contributed by atoms with van der Waals surface area (Å²) in [4.78, 5) is 0. The molecule has 0 heterocycles. The van der Waals surface area contributed by atoms with Crippen molar-refractivity contribution in [3.63, 3.8) is 0 Å². The van der Waals surface area contributed by atoms with Crippen LogP contribution in [0.25, 0.3) is 0 Å². The van der Waals surface area contributed by atoms with E-state index in [0.29, 0.717) is 5.84 Å². The minimum absolute atomic E-state index is 0.407. The van der Waals surface area contributed by atoms with Crippen LogP contribution in [0.15, 0.2) is 29.4 Å². The molecule has 0 fully saturated rings. The molecule has 0 aliphatic rings.